The summed E-state index contributed by atoms with van der Waals surface area (Å²) < 4.78 is 24.8. The number of halogens is 1. The van der Waals surface area contributed by atoms with Crippen LogP contribution in [0.1, 0.15) is 20.3 Å². The number of nitrogens with zero attached hydrogens (tertiary/aromatic N) is 4. The lowest BCUT2D eigenvalue weighted by molar-refractivity contribution is -0.129. The van der Waals surface area contributed by atoms with Crippen molar-refractivity contribution in [2.24, 2.45) is 16.6 Å². The summed E-state index contributed by atoms with van der Waals surface area (Å²) in [4.78, 5) is 20.2. The second-order valence-corrected chi connectivity index (χ2v) is 9.58. The first-order chi connectivity index (χ1) is 12.1. The third-order valence-corrected chi connectivity index (χ3v) is 6.72. The summed E-state index contributed by atoms with van der Waals surface area (Å²) in [7, 11) is -1.36. The van der Waals surface area contributed by atoms with Gasteiger partial charge in [-0.25, -0.2) is 12.7 Å². The maximum Gasteiger partial charge on any atom is 0.237 e. The molecule has 0 aliphatic carbocycles. The van der Waals surface area contributed by atoms with Crippen molar-refractivity contribution in [1.82, 2.24) is 19.4 Å². The third kappa shape index (κ3) is 6.16. The fourth-order valence-corrected chi connectivity index (χ4v) is 4.38. The van der Waals surface area contributed by atoms with Crippen LogP contribution in [0, 0.1) is 5.92 Å². The molecule has 1 unspecified atom stereocenters. The molecule has 0 spiro atoms. The summed E-state index contributed by atoms with van der Waals surface area (Å²) >= 11 is 0. The standard InChI is InChI=1S/C16H32N6O3S.HI/c1-16(2,14(17)23)21-9-7-20(8-10-21)15(18-3)19-11-13-5-6-22(12-13)26(4,24)25;/h13H,5-12H2,1-4H3,(H2,17,23)(H,18,19);1H. The van der Waals surface area contributed by atoms with Crippen molar-refractivity contribution in [2.75, 3.05) is 59.1 Å². The minimum absolute atomic E-state index is 0. The first-order valence-electron chi connectivity index (χ1n) is 9.01. The van der Waals surface area contributed by atoms with Crippen LogP contribution in [0.5, 0.6) is 0 Å². The van der Waals surface area contributed by atoms with Crippen molar-refractivity contribution in [3.63, 3.8) is 0 Å². The minimum atomic E-state index is -3.11. The molecular formula is C16H33IN6O3S. The Hall–Kier alpha value is -0.660. The highest BCUT2D eigenvalue weighted by Gasteiger charge is 2.35. The predicted octanol–water partition coefficient (Wildman–Crippen LogP) is -0.657. The maximum atomic E-state index is 11.6. The fourth-order valence-electron chi connectivity index (χ4n) is 3.47. The van der Waals surface area contributed by atoms with E-state index < -0.39 is 15.6 Å². The topological polar surface area (TPSA) is 111 Å². The van der Waals surface area contributed by atoms with Crippen molar-refractivity contribution in [2.45, 2.75) is 25.8 Å². The number of piperazine rings is 1. The van der Waals surface area contributed by atoms with Crippen LogP contribution in [0.3, 0.4) is 0 Å². The molecule has 2 fully saturated rings. The van der Waals surface area contributed by atoms with Gasteiger partial charge in [0.1, 0.15) is 0 Å². The summed E-state index contributed by atoms with van der Waals surface area (Å²) in [5.74, 6) is 0.793. The van der Waals surface area contributed by atoms with Gasteiger partial charge >= 0.3 is 0 Å². The Bertz CT molecular complexity index is 647. The predicted molar refractivity (Wildman–Crippen MR) is 118 cm³/mol. The van der Waals surface area contributed by atoms with Crippen LogP contribution in [-0.2, 0) is 14.8 Å². The van der Waals surface area contributed by atoms with Crippen molar-refractivity contribution >= 4 is 45.9 Å². The van der Waals surface area contributed by atoms with Gasteiger partial charge in [0.2, 0.25) is 15.9 Å². The highest BCUT2D eigenvalue weighted by molar-refractivity contribution is 14.0. The summed E-state index contributed by atoms with van der Waals surface area (Å²) in [6.07, 6.45) is 2.12. The number of rotatable bonds is 5. The Morgan fingerprint density at radius 1 is 1.22 bits per heavy atom. The van der Waals surface area contributed by atoms with E-state index in [4.69, 9.17) is 5.73 Å². The molecule has 2 aliphatic heterocycles. The van der Waals surface area contributed by atoms with Gasteiger partial charge in [-0.05, 0) is 26.2 Å². The number of nitrogens with two attached hydrogens (primary N) is 1. The molecule has 2 heterocycles. The van der Waals surface area contributed by atoms with Crippen LogP contribution in [-0.4, -0.2) is 99.0 Å². The SMILES string of the molecule is CN=C(NCC1CCN(S(C)(=O)=O)C1)N1CCN(C(C)(C)C(N)=O)CC1.I. The molecule has 1 atom stereocenters. The smallest absolute Gasteiger partial charge is 0.237 e. The molecule has 11 heteroatoms. The highest BCUT2D eigenvalue weighted by atomic mass is 127. The van der Waals surface area contributed by atoms with Gasteiger partial charge in [0.15, 0.2) is 5.96 Å². The summed E-state index contributed by atoms with van der Waals surface area (Å²) in [6.45, 7) is 8.55. The van der Waals surface area contributed by atoms with Gasteiger partial charge in [0.05, 0.1) is 11.8 Å². The van der Waals surface area contributed by atoms with E-state index in [1.54, 1.807) is 7.05 Å². The molecule has 1 amide bonds. The molecule has 2 aliphatic rings. The van der Waals surface area contributed by atoms with Gasteiger partial charge in [-0.2, -0.15) is 0 Å². The zero-order valence-corrected chi connectivity index (χ0v) is 19.8. The van der Waals surface area contributed by atoms with Crippen LogP contribution >= 0.6 is 24.0 Å². The first-order valence-corrected chi connectivity index (χ1v) is 10.9. The molecule has 2 saturated heterocycles. The second kappa shape index (κ2) is 9.70. The molecule has 2 rings (SSSR count). The van der Waals surface area contributed by atoms with Gasteiger partial charge in [-0.15, -0.1) is 24.0 Å². The van der Waals surface area contributed by atoms with E-state index in [0.29, 0.717) is 19.6 Å². The minimum Gasteiger partial charge on any atom is -0.368 e. The van der Waals surface area contributed by atoms with E-state index in [1.807, 2.05) is 13.8 Å². The third-order valence-electron chi connectivity index (χ3n) is 5.45. The van der Waals surface area contributed by atoms with Crippen LogP contribution in [0.15, 0.2) is 4.99 Å². The van der Waals surface area contributed by atoms with Gasteiger partial charge in [-0.3, -0.25) is 14.7 Å². The number of aliphatic imine (C=N–C) groups is 1. The molecule has 0 saturated carbocycles. The number of carbonyl (C=O) groups is 1. The number of amides is 1. The van der Waals surface area contributed by atoms with Gasteiger partial charge in [0, 0.05) is 52.9 Å². The average Bonchev–Trinajstić information content (AvgIpc) is 3.05. The van der Waals surface area contributed by atoms with E-state index in [9.17, 15) is 13.2 Å². The number of sulfonamides is 1. The number of primary amides is 1. The van der Waals surface area contributed by atoms with E-state index in [0.717, 1.165) is 38.6 Å². The number of hydrogen-bond donors (Lipinski definition) is 2. The molecule has 3 N–H and O–H groups in total. The number of nitrogens with one attached hydrogen (secondary N) is 1. The Balaban J connectivity index is 0.00000364. The molecule has 0 aromatic heterocycles. The van der Waals surface area contributed by atoms with Crippen molar-refractivity contribution < 1.29 is 13.2 Å². The van der Waals surface area contributed by atoms with Gasteiger partial charge in [0.25, 0.3) is 0 Å². The Morgan fingerprint density at radius 3 is 2.26 bits per heavy atom. The van der Waals surface area contributed by atoms with E-state index >= 15 is 0 Å². The average molecular weight is 516 g/mol. The van der Waals surface area contributed by atoms with E-state index in [1.165, 1.54) is 10.6 Å². The van der Waals surface area contributed by atoms with E-state index in [-0.39, 0.29) is 35.8 Å². The van der Waals surface area contributed by atoms with Gasteiger partial charge in [-0.1, -0.05) is 0 Å². The van der Waals surface area contributed by atoms with Gasteiger partial charge < -0.3 is 16.0 Å². The monoisotopic (exact) mass is 516 g/mol. The molecule has 158 valence electrons. The lowest BCUT2D eigenvalue weighted by Gasteiger charge is -2.43. The molecule has 0 bridgehead atoms. The van der Waals surface area contributed by atoms with Crippen molar-refractivity contribution in [3.8, 4) is 0 Å². The second-order valence-electron chi connectivity index (χ2n) is 7.60. The first kappa shape index (κ1) is 24.4. The van der Waals surface area contributed by atoms with Crippen molar-refractivity contribution in [1.29, 1.82) is 0 Å². The Kier molecular flexibility index (Phi) is 8.76. The van der Waals surface area contributed by atoms with Crippen LogP contribution in [0.4, 0.5) is 0 Å². The normalized spacial score (nSPS) is 23.2. The molecule has 27 heavy (non-hydrogen) atoms. The zero-order chi connectivity index (χ0) is 19.5. The molecule has 0 radical (unpaired) electrons. The lowest BCUT2D eigenvalue weighted by atomic mass is 10.0. The lowest BCUT2D eigenvalue weighted by Crippen LogP contribution is -2.61. The number of hydrogen-bond acceptors (Lipinski definition) is 5. The highest BCUT2D eigenvalue weighted by Crippen LogP contribution is 2.19. The Labute approximate surface area is 179 Å². The van der Waals surface area contributed by atoms with Crippen LogP contribution < -0.4 is 11.1 Å². The summed E-state index contributed by atoms with van der Waals surface area (Å²) in [5.41, 5.74) is 4.85. The molecular weight excluding hydrogens is 483 g/mol. The zero-order valence-electron chi connectivity index (χ0n) is 16.6. The molecule has 9 nitrogen and oxygen atoms in total. The van der Waals surface area contributed by atoms with Crippen LogP contribution in [0.25, 0.3) is 0 Å². The number of guanidine groups is 1. The van der Waals surface area contributed by atoms with Crippen LogP contribution in [0.2, 0.25) is 0 Å². The molecule has 0 aromatic rings. The Morgan fingerprint density at radius 2 is 1.81 bits per heavy atom. The quantitative estimate of drug-likeness (QED) is 0.285. The maximum absolute atomic E-state index is 11.6. The summed E-state index contributed by atoms with van der Waals surface area (Å²) in [6, 6.07) is 0. The largest absolute Gasteiger partial charge is 0.368 e. The molecule has 0 aromatic carbocycles. The number of carbonyl (C=O) groups excluding carboxylic acids is 1. The van der Waals surface area contributed by atoms with Crippen molar-refractivity contribution in [3.05, 3.63) is 0 Å². The van der Waals surface area contributed by atoms with E-state index in [2.05, 4.69) is 20.1 Å². The summed E-state index contributed by atoms with van der Waals surface area (Å²) in [5, 5.41) is 3.37. The fraction of sp³-hybridized carbons (Fsp3) is 0.875.